The minimum Gasteiger partial charge on any atom is -0.489 e. The van der Waals surface area contributed by atoms with Crippen LogP contribution in [0.3, 0.4) is 0 Å². The van der Waals surface area contributed by atoms with Crippen LogP contribution in [0.25, 0.3) is 0 Å². The van der Waals surface area contributed by atoms with Crippen LogP contribution in [-0.4, -0.2) is 63.2 Å². The zero-order valence-electron chi connectivity index (χ0n) is 16.6. The molecule has 4 rings (SSSR count). The monoisotopic (exact) mass is 438 g/mol. The Labute approximate surface area is 173 Å². The van der Waals surface area contributed by atoms with Gasteiger partial charge >= 0.3 is 0 Å². The van der Waals surface area contributed by atoms with Crippen LogP contribution in [0, 0.1) is 5.82 Å². The summed E-state index contributed by atoms with van der Waals surface area (Å²) in [6.07, 6.45) is 3.80. The van der Waals surface area contributed by atoms with E-state index in [1.165, 1.54) is 25.6 Å². The number of benzene rings is 1. The first kappa shape index (κ1) is 20.8. The number of halogens is 1. The van der Waals surface area contributed by atoms with Crippen LogP contribution in [0.1, 0.15) is 12.8 Å². The molecular weight excluding hydrogens is 415 g/mol. The molecule has 0 aliphatic carbocycles. The van der Waals surface area contributed by atoms with Gasteiger partial charge in [-0.3, -0.25) is 0 Å². The normalized spacial score (nSPS) is 23.6. The highest BCUT2D eigenvalue weighted by atomic mass is 32.2. The fourth-order valence-electron chi connectivity index (χ4n) is 3.71. The minimum atomic E-state index is -3.51. The molecule has 2 saturated heterocycles. The summed E-state index contributed by atoms with van der Waals surface area (Å²) in [6.45, 7) is 1.29. The van der Waals surface area contributed by atoms with E-state index >= 15 is 0 Å². The number of rotatable bonds is 6. The smallest absolute Gasteiger partial charge is 0.262 e. The molecule has 0 spiro atoms. The zero-order valence-corrected chi connectivity index (χ0v) is 17.4. The Bertz CT molecular complexity index is 1020. The second-order valence-electron chi connectivity index (χ2n) is 7.41. The Morgan fingerprint density at radius 3 is 2.60 bits per heavy atom. The summed E-state index contributed by atoms with van der Waals surface area (Å²) in [7, 11) is -2.06. The Hall–Kier alpha value is -2.50. The first-order chi connectivity index (χ1) is 14.3. The molecule has 30 heavy (non-hydrogen) atoms. The van der Waals surface area contributed by atoms with Gasteiger partial charge in [-0.25, -0.2) is 17.8 Å². The average Bonchev–Trinajstić information content (AvgIpc) is 2.69. The second kappa shape index (κ2) is 8.32. The molecule has 11 heteroatoms. The lowest BCUT2D eigenvalue weighted by molar-refractivity contribution is -0.0137. The molecule has 0 saturated carbocycles. The number of fused-ring (bicyclic) bond motifs is 2. The lowest BCUT2D eigenvalue weighted by Gasteiger charge is -2.39. The van der Waals surface area contributed by atoms with Gasteiger partial charge in [0.25, 0.3) is 5.88 Å². The molecule has 2 aliphatic heterocycles. The lowest BCUT2D eigenvalue weighted by Crippen LogP contribution is -2.56. The number of nitrogens with one attached hydrogen (secondary N) is 2. The standard InChI is InChI=1S/C19H23FN4O5S/c1-27-17-18(24-16-4-3-14(7-15(16)20)30(2,25)26)21-10-22-19(17)29-13-5-11-8-28-9-12(6-13)23-11/h3-4,7,10-13,23H,5-6,8-9H2,1-2H3,(H,21,22,24). The van der Waals surface area contributed by atoms with Crippen LogP contribution in [0.2, 0.25) is 0 Å². The number of hydrogen-bond acceptors (Lipinski definition) is 9. The molecule has 3 heterocycles. The van der Waals surface area contributed by atoms with Crippen molar-refractivity contribution in [3.8, 4) is 11.6 Å². The Morgan fingerprint density at radius 1 is 1.23 bits per heavy atom. The predicted octanol–water partition coefficient (Wildman–Crippen LogP) is 1.67. The summed E-state index contributed by atoms with van der Waals surface area (Å²) in [6, 6.07) is 4.08. The van der Waals surface area contributed by atoms with E-state index < -0.39 is 15.7 Å². The van der Waals surface area contributed by atoms with Crippen LogP contribution >= 0.6 is 0 Å². The molecule has 2 fully saturated rings. The number of hydrogen-bond donors (Lipinski definition) is 2. The van der Waals surface area contributed by atoms with Crippen molar-refractivity contribution in [1.29, 1.82) is 0 Å². The summed E-state index contributed by atoms with van der Waals surface area (Å²) in [5, 5.41) is 6.33. The molecule has 2 unspecified atom stereocenters. The molecule has 2 aliphatic rings. The lowest BCUT2D eigenvalue weighted by atomic mass is 9.95. The van der Waals surface area contributed by atoms with E-state index in [-0.39, 0.29) is 46.2 Å². The number of ether oxygens (including phenoxy) is 3. The SMILES string of the molecule is COc1c(Nc2ccc(S(C)(=O)=O)cc2F)ncnc1OC1CC2COCC(C1)N2. The van der Waals surface area contributed by atoms with Gasteiger partial charge in [0.05, 0.1) is 30.9 Å². The molecule has 2 atom stereocenters. The molecular formula is C19H23FN4O5S. The third-order valence-electron chi connectivity index (χ3n) is 5.08. The number of morpholine rings is 1. The van der Waals surface area contributed by atoms with E-state index in [0.29, 0.717) is 13.2 Å². The zero-order chi connectivity index (χ0) is 21.3. The number of sulfone groups is 1. The first-order valence-electron chi connectivity index (χ1n) is 9.49. The van der Waals surface area contributed by atoms with Crippen molar-refractivity contribution in [3.05, 3.63) is 30.3 Å². The van der Waals surface area contributed by atoms with Gasteiger partial charge in [0.1, 0.15) is 18.2 Å². The van der Waals surface area contributed by atoms with Gasteiger partial charge < -0.3 is 24.8 Å². The molecule has 1 aromatic heterocycles. The molecule has 0 radical (unpaired) electrons. The van der Waals surface area contributed by atoms with Crippen LogP contribution in [0.5, 0.6) is 11.6 Å². The molecule has 2 aromatic rings. The Kier molecular flexibility index (Phi) is 5.76. The highest BCUT2D eigenvalue weighted by molar-refractivity contribution is 7.90. The minimum absolute atomic E-state index is 0.0545. The number of nitrogens with zero attached hydrogens (tertiary/aromatic N) is 2. The third-order valence-corrected chi connectivity index (χ3v) is 6.19. The van der Waals surface area contributed by atoms with Crippen molar-refractivity contribution in [2.24, 2.45) is 0 Å². The largest absolute Gasteiger partial charge is 0.489 e. The topological polar surface area (TPSA) is 112 Å². The molecule has 162 valence electrons. The summed E-state index contributed by atoms with van der Waals surface area (Å²) < 4.78 is 54.7. The second-order valence-corrected chi connectivity index (χ2v) is 9.42. The van der Waals surface area contributed by atoms with Gasteiger partial charge in [0, 0.05) is 31.2 Å². The van der Waals surface area contributed by atoms with Crippen molar-refractivity contribution in [2.75, 3.05) is 31.9 Å². The van der Waals surface area contributed by atoms with E-state index in [1.807, 2.05) is 0 Å². The molecule has 2 N–H and O–H groups in total. The maximum Gasteiger partial charge on any atom is 0.262 e. The van der Waals surface area contributed by atoms with Crippen molar-refractivity contribution >= 4 is 21.3 Å². The molecule has 1 aromatic carbocycles. The van der Waals surface area contributed by atoms with Gasteiger partial charge in [0.15, 0.2) is 15.7 Å². The van der Waals surface area contributed by atoms with Crippen LogP contribution in [0.4, 0.5) is 15.9 Å². The van der Waals surface area contributed by atoms with Crippen molar-refractivity contribution in [1.82, 2.24) is 15.3 Å². The third kappa shape index (κ3) is 4.47. The fraction of sp³-hybridized carbons (Fsp3) is 0.474. The van der Waals surface area contributed by atoms with Crippen LogP contribution in [-0.2, 0) is 14.6 Å². The maximum absolute atomic E-state index is 14.4. The maximum atomic E-state index is 14.4. The molecule has 2 bridgehead atoms. The number of anilines is 2. The Balaban J connectivity index is 1.55. The number of aromatic nitrogens is 2. The van der Waals surface area contributed by atoms with Crippen LogP contribution in [0.15, 0.2) is 29.4 Å². The summed E-state index contributed by atoms with van der Waals surface area (Å²) in [5.41, 5.74) is 0.0545. The summed E-state index contributed by atoms with van der Waals surface area (Å²) in [5.74, 6) is -0.0173. The first-order valence-corrected chi connectivity index (χ1v) is 11.4. The fourth-order valence-corrected chi connectivity index (χ4v) is 4.34. The van der Waals surface area contributed by atoms with E-state index in [1.54, 1.807) is 0 Å². The highest BCUT2D eigenvalue weighted by Crippen LogP contribution is 2.35. The highest BCUT2D eigenvalue weighted by Gasteiger charge is 2.34. The predicted molar refractivity (Wildman–Crippen MR) is 107 cm³/mol. The number of piperidine rings is 1. The van der Waals surface area contributed by atoms with E-state index in [0.717, 1.165) is 25.2 Å². The van der Waals surface area contributed by atoms with E-state index in [4.69, 9.17) is 14.2 Å². The van der Waals surface area contributed by atoms with Gasteiger partial charge in [-0.05, 0) is 18.2 Å². The quantitative estimate of drug-likeness (QED) is 0.695. The number of methoxy groups -OCH3 is 1. The van der Waals surface area contributed by atoms with E-state index in [2.05, 4.69) is 20.6 Å². The van der Waals surface area contributed by atoms with Crippen molar-refractivity contribution in [2.45, 2.75) is 35.9 Å². The van der Waals surface area contributed by atoms with Gasteiger partial charge in [-0.1, -0.05) is 0 Å². The van der Waals surface area contributed by atoms with E-state index in [9.17, 15) is 12.8 Å². The van der Waals surface area contributed by atoms with Gasteiger partial charge in [-0.2, -0.15) is 4.98 Å². The molecule has 9 nitrogen and oxygen atoms in total. The van der Waals surface area contributed by atoms with Crippen molar-refractivity contribution in [3.63, 3.8) is 0 Å². The summed E-state index contributed by atoms with van der Waals surface area (Å²) >= 11 is 0. The average molecular weight is 438 g/mol. The Morgan fingerprint density at radius 2 is 1.97 bits per heavy atom. The molecule has 0 amide bonds. The van der Waals surface area contributed by atoms with Gasteiger partial charge in [-0.15, -0.1) is 0 Å². The summed E-state index contributed by atoms with van der Waals surface area (Å²) in [4.78, 5) is 8.20. The van der Waals surface area contributed by atoms with Gasteiger partial charge in [0.2, 0.25) is 5.75 Å². The van der Waals surface area contributed by atoms with Crippen LogP contribution < -0.4 is 20.1 Å². The van der Waals surface area contributed by atoms with Crippen molar-refractivity contribution < 1.29 is 27.0 Å².